The van der Waals surface area contributed by atoms with Gasteiger partial charge in [0.15, 0.2) is 5.84 Å². The number of benzene rings is 1. The third kappa shape index (κ3) is 4.77. The van der Waals surface area contributed by atoms with Gasteiger partial charge < -0.3 is 19.7 Å². The van der Waals surface area contributed by atoms with Crippen LogP contribution in [0.4, 0.5) is 0 Å². The number of aromatic nitrogens is 1. The summed E-state index contributed by atoms with van der Waals surface area (Å²) in [5.74, 6) is 1.69. The third-order valence-electron chi connectivity index (χ3n) is 4.94. The second-order valence-electron chi connectivity index (χ2n) is 7.11. The molecule has 0 radical (unpaired) electrons. The van der Waals surface area contributed by atoms with Gasteiger partial charge in [0.05, 0.1) is 5.56 Å². The maximum absolute atomic E-state index is 9.81. The van der Waals surface area contributed by atoms with Crippen molar-refractivity contribution in [2.24, 2.45) is 5.16 Å². The van der Waals surface area contributed by atoms with Gasteiger partial charge >= 0.3 is 0 Å². The van der Waals surface area contributed by atoms with Crippen molar-refractivity contribution < 1.29 is 9.94 Å². The van der Waals surface area contributed by atoms with Gasteiger partial charge in [-0.25, -0.2) is 4.98 Å². The quantitative estimate of drug-likeness (QED) is 0.275. The van der Waals surface area contributed by atoms with Crippen molar-refractivity contribution >= 4 is 17.6 Å². The van der Waals surface area contributed by atoms with Crippen molar-refractivity contribution in [3.63, 3.8) is 0 Å². The van der Waals surface area contributed by atoms with Crippen LogP contribution in [-0.4, -0.2) is 65.3 Å². The monoisotopic (exact) mass is 400 g/mol. The lowest BCUT2D eigenvalue weighted by molar-refractivity contribution is 0.298. The number of ether oxygens (including phenoxy) is 1. The van der Waals surface area contributed by atoms with E-state index in [0.717, 1.165) is 49.6 Å². The molecular formula is C21H28N4O2S. The number of likely N-dealkylation sites (N-methyl/N-ethyl adjacent to an activating group) is 1. The molecule has 1 N–H and O–H groups in total. The van der Waals surface area contributed by atoms with E-state index < -0.39 is 0 Å². The van der Waals surface area contributed by atoms with Crippen molar-refractivity contribution in [3.05, 3.63) is 47.2 Å². The van der Waals surface area contributed by atoms with Gasteiger partial charge in [-0.1, -0.05) is 5.16 Å². The van der Waals surface area contributed by atoms with Crippen LogP contribution in [0.15, 0.2) is 40.4 Å². The molecule has 0 aliphatic carbocycles. The first kappa shape index (κ1) is 20.5. The van der Waals surface area contributed by atoms with E-state index >= 15 is 0 Å². The average Bonchev–Trinajstić information content (AvgIpc) is 2.89. The topological polar surface area (TPSA) is 61.2 Å². The highest BCUT2D eigenvalue weighted by molar-refractivity contribution is 7.98. The molecule has 3 rings (SSSR count). The minimum absolute atomic E-state index is 0.460. The molecule has 0 unspecified atom stereocenters. The zero-order valence-corrected chi connectivity index (χ0v) is 17.8. The molecule has 0 bridgehead atoms. The van der Waals surface area contributed by atoms with E-state index in [2.05, 4.69) is 46.2 Å². The molecule has 150 valence electrons. The van der Waals surface area contributed by atoms with Gasteiger partial charge in [-0.05, 0) is 76.0 Å². The zero-order chi connectivity index (χ0) is 20.1. The largest absolute Gasteiger partial charge is 0.438 e. The second-order valence-corrected chi connectivity index (χ2v) is 7.95. The lowest BCUT2D eigenvalue weighted by Crippen LogP contribution is -2.35. The Hall–Kier alpha value is -2.25. The van der Waals surface area contributed by atoms with Crippen LogP contribution < -0.4 is 4.74 Å². The summed E-state index contributed by atoms with van der Waals surface area (Å²) < 4.78 is 6.15. The first-order chi connectivity index (χ1) is 13.5. The molecule has 2 heterocycles. The average molecular weight is 401 g/mol. The van der Waals surface area contributed by atoms with Gasteiger partial charge in [-0.3, -0.25) is 0 Å². The van der Waals surface area contributed by atoms with Crippen molar-refractivity contribution in [2.45, 2.75) is 25.2 Å². The Balaban J connectivity index is 1.92. The molecule has 1 aromatic heterocycles. The van der Waals surface area contributed by atoms with E-state index in [9.17, 15) is 5.21 Å². The molecule has 7 heteroatoms. The number of aryl methyl sites for hydroxylation is 2. The molecule has 1 aliphatic rings. The van der Waals surface area contributed by atoms with E-state index in [0.29, 0.717) is 17.3 Å². The number of nitrogens with zero attached hydrogens (tertiary/aromatic N) is 4. The molecule has 1 aliphatic heterocycles. The fraction of sp³-hybridized carbons (Fsp3) is 0.429. The highest BCUT2D eigenvalue weighted by Gasteiger charge is 2.22. The summed E-state index contributed by atoms with van der Waals surface area (Å²) in [6.45, 7) is 7.58. The maximum atomic E-state index is 9.81. The Morgan fingerprint density at radius 1 is 1.14 bits per heavy atom. The molecule has 2 aromatic rings. The second kappa shape index (κ2) is 9.30. The molecular weight excluding hydrogens is 372 g/mol. The van der Waals surface area contributed by atoms with Crippen LogP contribution in [0.3, 0.4) is 0 Å². The van der Waals surface area contributed by atoms with Crippen molar-refractivity contribution in [3.8, 4) is 11.6 Å². The van der Waals surface area contributed by atoms with Crippen LogP contribution in [0.2, 0.25) is 0 Å². The lowest BCUT2D eigenvalue weighted by Gasteiger charge is -2.24. The van der Waals surface area contributed by atoms with Gasteiger partial charge in [0, 0.05) is 30.2 Å². The van der Waals surface area contributed by atoms with Gasteiger partial charge in [0.1, 0.15) is 5.75 Å². The van der Waals surface area contributed by atoms with E-state index in [1.807, 2.05) is 31.2 Å². The fourth-order valence-electron chi connectivity index (χ4n) is 3.35. The Kier molecular flexibility index (Phi) is 6.80. The number of rotatable bonds is 4. The summed E-state index contributed by atoms with van der Waals surface area (Å²) in [6, 6.07) is 9.85. The normalized spacial score (nSPS) is 16.1. The molecule has 28 heavy (non-hydrogen) atoms. The highest BCUT2D eigenvalue weighted by atomic mass is 32.2. The van der Waals surface area contributed by atoms with Crippen LogP contribution in [0.5, 0.6) is 11.6 Å². The van der Waals surface area contributed by atoms with Crippen molar-refractivity contribution in [1.29, 1.82) is 0 Å². The summed E-state index contributed by atoms with van der Waals surface area (Å²) in [7, 11) is 2.11. The van der Waals surface area contributed by atoms with E-state index in [-0.39, 0.29) is 0 Å². The predicted molar refractivity (Wildman–Crippen MR) is 114 cm³/mol. The number of hydrogen-bond acceptors (Lipinski definition) is 6. The maximum Gasteiger partial charge on any atom is 0.230 e. The number of oxime groups is 1. The SMILES string of the molecule is CSc1ccc(Oc2nc(C)ccc2/C(=N/O)N2CCCN(C)CC2)cc1C. The summed E-state index contributed by atoms with van der Waals surface area (Å²) in [6.07, 6.45) is 3.08. The molecule has 0 saturated carbocycles. The smallest absolute Gasteiger partial charge is 0.230 e. The lowest BCUT2D eigenvalue weighted by atomic mass is 10.2. The summed E-state index contributed by atoms with van der Waals surface area (Å²) in [5.41, 5.74) is 2.71. The Labute approximate surface area is 171 Å². The molecule has 0 spiro atoms. The van der Waals surface area contributed by atoms with Crippen LogP contribution in [0.1, 0.15) is 23.2 Å². The first-order valence-electron chi connectivity index (χ1n) is 9.48. The summed E-state index contributed by atoms with van der Waals surface area (Å²) in [5, 5.41) is 13.4. The van der Waals surface area contributed by atoms with Crippen LogP contribution in [-0.2, 0) is 0 Å². The van der Waals surface area contributed by atoms with Crippen molar-refractivity contribution in [1.82, 2.24) is 14.8 Å². The molecule has 0 amide bonds. The number of hydrogen-bond donors (Lipinski definition) is 1. The molecule has 1 aromatic carbocycles. The standard InChI is InChI=1S/C21H28N4O2S/c1-15-14-17(7-9-19(15)28-4)27-21-18(8-6-16(2)22-21)20(23-26)25-11-5-10-24(3)12-13-25/h6-9,14,26H,5,10-13H2,1-4H3/b23-20-. The summed E-state index contributed by atoms with van der Waals surface area (Å²) >= 11 is 1.71. The fourth-order valence-corrected chi connectivity index (χ4v) is 3.94. The molecule has 1 saturated heterocycles. The van der Waals surface area contributed by atoms with Crippen LogP contribution in [0, 0.1) is 13.8 Å². The number of amidine groups is 1. The Morgan fingerprint density at radius 2 is 1.96 bits per heavy atom. The number of thioether (sulfide) groups is 1. The predicted octanol–water partition coefficient (Wildman–Crippen LogP) is 3.99. The number of pyridine rings is 1. The molecule has 0 atom stereocenters. The van der Waals surface area contributed by atoms with Crippen LogP contribution in [0.25, 0.3) is 0 Å². The first-order valence-corrected chi connectivity index (χ1v) is 10.7. The van der Waals surface area contributed by atoms with E-state index in [1.165, 1.54) is 4.90 Å². The Morgan fingerprint density at radius 3 is 2.68 bits per heavy atom. The molecule has 1 fully saturated rings. The van der Waals surface area contributed by atoms with Crippen molar-refractivity contribution in [2.75, 3.05) is 39.5 Å². The third-order valence-corrected chi connectivity index (χ3v) is 5.83. The van der Waals surface area contributed by atoms with E-state index in [4.69, 9.17) is 4.74 Å². The van der Waals surface area contributed by atoms with E-state index in [1.54, 1.807) is 11.8 Å². The minimum Gasteiger partial charge on any atom is -0.438 e. The van der Waals surface area contributed by atoms with Gasteiger partial charge in [-0.2, -0.15) is 0 Å². The molecule has 6 nitrogen and oxygen atoms in total. The van der Waals surface area contributed by atoms with Crippen LogP contribution >= 0.6 is 11.8 Å². The zero-order valence-electron chi connectivity index (χ0n) is 17.0. The Bertz CT molecular complexity index is 856. The minimum atomic E-state index is 0.460. The van der Waals surface area contributed by atoms with Gasteiger partial charge in [-0.15, -0.1) is 11.8 Å². The van der Waals surface area contributed by atoms with Gasteiger partial charge in [0.2, 0.25) is 5.88 Å². The van der Waals surface area contributed by atoms with Gasteiger partial charge in [0.25, 0.3) is 0 Å². The highest BCUT2D eigenvalue weighted by Crippen LogP contribution is 2.29. The summed E-state index contributed by atoms with van der Waals surface area (Å²) in [4.78, 5) is 10.2.